The van der Waals surface area contributed by atoms with Gasteiger partial charge in [-0.05, 0) is 37.6 Å². The van der Waals surface area contributed by atoms with Crippen molar-refractivity contribution in [2.45, 2.75) is 13.8 Å². The number of hydrogen-bond acceptors (Lipinski definition) is 2. The van der Waals surface area contributed by atoms with E-state index in [2.05, 4.69) is 17.2 Å². The van der Waals surface area contributed by atoms with Crippen molar-refractivity contribution in [3.63, 3.8) is 0 Å². The number of amides is 2. The van der Waals surface area contributed by atoms with Crippen LogP contribution in [0.2, 0.25) is 0 Å². The summed E-state index contributed by atoms with van der Waals surface area (Å²) in [6, 6.07) is 12.6. The normalized spacial score (nSPS) is 10.0. The molecule has 0 radical (unpaired) electrons. The fraction of sp³-hybridized carbons (Fsp3) is 0.158. The second kappa shape index (κ2) is 7.40. The third-order valence-electron chi connectivity index (χ3n) is 3.46. The third-order valence-corrected chi connectivity index (χ3v) is 3.46. The molecule has 0 aromatic heterocycles. The number of hydrogen-bond donors (Lipinski definition) is 2. The van der Waals surface area contributed by atoms with Crippen molar-refractivity contribution in [1.29, 1.82) is 0 Å². The van der Waals surface area contributed by atoms with E-state index in [4.69, 9.17) is 0 Å². The van der Waals surface area contributed by atoms with Crippen LogP contribution in [0.15, 0.2) is 55.1 Å². The first-order valence-electron chi connectivity index (χ1n) is 7.39. The molecule has 0 aliphatic carbocycles. The molecule has 2 N–H and O–H groups in total. The van der Waals surface area contributed by atoms with Crippen LogP contribution in [0.5, 0.6) is 0 Å². The summed E-state index contributed by atoms with van der Waals surface area (Å²) >= 11 is 0. The predicted molar refractivity (Wildman–Crippen MR) is 92.8 cm³/mol. The van der Waals surface area contributed by atoms with Gasteiger partial charge >= 0.3 is 0 Å². The lowest BCUT2D eigenvalue weighted by atomic mass is 10.0. The molecule has 0 heterocycles. The molecule has 23 heavy (non-hydrogen) atoms. The van der Waals surface area contributed by atoms with Gasteiger partial charge in [0.2, 0.25) is 0 Å². The molecule has 0 spiro atoms. The quantitative estimate of drug-likeness (QED) is 0.831. The van der Waals surface area contributed by atoms with Crippen LogP contribution in [0, 0.1) is 13.8 Å². The van der Waals surface area contributed by atoms with Crippen LogP contribution >= 0.6 is 0 Å². The van der Waals surface area contributed by atoms with E-state index in [1.165, 1.54) is 0 Å². The van der Waals surface area contributed by atoms with Gasteiger partial charge in [0.15, 0.2) is 0 Å². The van der Waals surface area contributed by atoms with Gasteiger partial charge in [0.05, 0.1) is 11.3 Å². The summed E-state index contributed by atoms with van der Waals surface area (Å²) in [6.07, 6.45) is 1.61. The van der Waals surface area contributed by atoms with Crippen LogP contribution in [-0.2, 0) is 0 Å². The van der Waals surface area contributed by atoms with E-state index in [1.807, 2.05) is 32.0 Å². The average molecular weight is 308 g/mol. The Balaban J connectivity index is 2.26. The van der Waals surface area contributed by atoms with Crippen LogP contribution < -0.4 is 10.6 Å². The topological polar surface area (TPSA) is 58.2 Å². The molecular weight excluding hydrogens is 288 g/mol. The highest BCUT2D eigenvalue weighted by Gasteiger charge is 2.14. The molecule has 0 aliphatic heterocycles. The molecule has 0 saturated carbocycles. The molecule has 0 aliphatic rings. The third kappa shape index (κ3) is 4.07. The number of benzene rings is 2. The van der Waals surface area contributed by atoms with E-state index < -0.39 is 0 Å². The van der Waals surface area contributed by atoms with E-state index in [1.54, 1.807) is 30.3 Å². The van der Waals surface area contributed by atoms with Gasteiger partial charge < -0.3 is 10.6 Å². The maximum atomic E-state index is 12.5. The zero-order chi connectivity index (χ0) is 16.8. The van der Waals surface area contributed by atoms with Crippen LogP contribution in [0.25, 0.3) is 0 Å². The lowest BCUT2D eigenvalue weighted by Gasteiger charge is -2.12. The Kier molecular flexibility index (Phi) is 5.31. The number of aryl methyl sites for hydroxylation is 2. The second-order valence-corrected chi connectivity index (χ2v) is 5.32. The first-order valence-corrected chi connectivity index (χ1v) is 7.39. The molecule has 2 rings (SSSR count). The first kappa shape index (κ1) is 16.5. The van der Waals surface area contributed by atoms with E-state index in [0.717, 1.165) is 11.1 Å². The van der Waals surface area contributed by atoms with Gasteiger partial charge in [-0.25, -0.2) is 0 Å². The Bertz CT molecular complexity index is 751. The van der Waals surface area contributed by atoms with Gasteiger partial charge in [0.1, 0.15) is 0 Å². The van der Waals surface area contributed by atoms with Crippen molar-refractivity contribution in [1.82, 2.24) is 5.32 Å². The van der Waals surface area contributed by atoms with Crippen LogP contribution in [-0.4, -0.2) is 18.4 Å². The zero-order valence-electron chi connectivity index (χ0n) is 13.3. The van der Waals surface area contributed by atoms with E-state index in [-0.39, 0.29) is 11.8 Å². The summed E-state index contributed by atoms with van der Waals surface area (Å²) < 4.78 is 0. The van der Waals surface area contributed by atoms with Crippen molar-refractivity contribution in [2.75, 3.05) is 11.9 Å². The van der Waals surface area contributed by atoms with E-state index >= 15 is 0 Å². The van der Waals surface area contributed by atoms with Crippen molar-refractivity contribution < 1.29 is 9.59 Å². The molecule has 0 saturated heterocycles. The standard InChI is InChI=1S/C19H20N2O2/c1-4-11-20-18(22)15-7-5-6-8-17(15)21-19(23)16-12-13(2)9-10-14(16)3/h4-10,12H,1,11H2,2-3H3,(H,20,22)(H,21,23). The molecule has 2 aromatic carbocycles. The lowest BCUT2D eigenvalue weighted by Crippen LogP contribution is -2.25. The molecule has 4 nitrogen and oxygen atoms in total. The molecule has 0 fully saturated rings. The number of anilines is 1. The minimum atomic E-state index is -0.248. The molecule has 0 bridgehead atoms. The summed E-state index contributed by atoms with van der Waals surface area (Å²) in [6.45, 7) is 7.77. The van der Waals surface area contributed by atoms with Gasteiger partial charge in [-0.15, -0.1) is 6.58 Å². The molecule has 0 atom stereocenters. The Morgan fingerprint density at radius 3 is 2.52 bits per heavy atom. The van der Waals surface area contributed by atoms with Crippen molar-refractivity contribution in [3.05, 3.63) is 77.4 Å². The Morgan fingerprint density at radius 1 is 1.04 bits per heavy atom. The minimum Gasteiger partial charge on any atom is -0.349 e. The van der Waals surface area contributed by atoms with E-state index in [9.17, 15) is 9.59 Å². The SMILES string of the molecule is C=CCNC(=O)c1ccccc1NC(=O)c1cc(C)ccc1C. The monoisotopic (exact) mass is 308 g/mol. The van der Waals surface area contributed by atoms with Gasteiger partial charge in [-0.3, -0.25) is 9.59 Å². The highest BCUT2D eigenvalue weighted by Crippen LogP contribution is 2.18. The molecular formula is C19H20N2O2. The molecule has 2 aromatic rings. The summed E-state index contributed by atoms with van der Waals surface area (Å²) in [7, 11) is 0. The highest BCUT2D eigenvalue weighted by molar-refractivity contribution is 6.09. The van der Waals surface area contributed by atoms with Crippen LogP contribution in [0.3, 0.4) is 0 Å². The fourth-order valence-electron chi connectivity index (χ4n) is 2.22. The predicted octanol–water partition coefficient (Wildman–Crippen LogP) is 3.47. The maximum absolute atomic E-state index is 12.5. The summed E-state index contributed by atoms with van der Waals surface area (Å²) in [5.74, 6) is -0.475. The van der Waals surface area contributed by atoms with Gasteiger partial charge in [0.25, 0.3) is 11.8 Å². The number of carbonyl (C=O) groups is 2. The molecule has 0 unspecified atom stereocenters. The number of carbonyl (C=O) groups excluding carboxylic acids is 2. The minimum absolute atomic E-state index is 0.227. The summed E-state index contributed by atoms with van der Waals surface area (Å²) in [4.78, 5) is 24.7. The van der Waals surface area contributed by atoms with Crippen LogP contribution in [0.1, 0.15) is 31.8 Å². The van der Waals surface area contributed by atoms with E-state index in [0.29, 0.717) is 23.4 Å². The van der Waals surface area contributed by atoms with Gasteiger partial charge in [-0.2, -0.15) is 0 Å². The lowest BCUT2D eigenvalue weighted by molar-refractivity contribution is 0.0959. The first-order chi connectivity index (χ1) is 11.0. The number of para-hydroxylation sites is 1. The highest BCUT2D eigenvalue weighted by atomic mass is 16.2. The van der Waals surface area contributed by atoms with Crippen LogP contribution in [0.4, 0.5) is 5.69 Å². The Morgan fingerprint density at radius 2 is 1.78 bits per heavy atom. The smallest absolute Gasteiger partial charge is 0.255 e. The average Bonchev–Trinajstić information content (AvgIpc) is 2.55. The van der Waals surface area contributed by atoms with Gasteiger partial charge in [0, 0.05) is 12.1 Å². The molecule has 2 amide bonds. The van der Waals surface area contributed by atoms with Gasteiger partial charge in [-0.1, -0.05) is 35.9 Å². The largest absolute Gasteiger partial charge is 0.349 e. The Hall–Kier alpha value is -2.88. The van der Waals surface area contributed by atoms with Crippen molar-refractivity contribution in [3.8, 4) is 0 Å². The number of nitrogens with one attached hydrogen (secondary N) is 2. The molecule has 4 heteroatoms. The Labute approximate surface area is 136 Å². The second-order valence-electron chi connectivity index (χ2n) is 5.32. The molecule has 118 valence electrons. The maximum Gasteiger partial charge on any atom is 0.255 e. The summed E-state index contributed by atoms with van der Waals surface area (Å²) in [5.41, 5.74) is 3.42. The van der Waals surface area contributed by atoms with Crippen molar-refractivity contribution in [2.24, 2.45) is 0 Å². The summed E-state index contributed by atoms with van der Waals surface area (Å²) in [5, 5.41) is 5.54. The number of rotatable bonds is 5. The zero-order valence-corrected chi connectivity index (χ0v) is 13.3. The fourth-order valence-corrected chi connectivity index (χ4v) is 2.22. The van der Waals surface area contributed by atoms with Crippen molar-refractivity contribution >= 4 is 17.5 Å².